The molecule has 0 amide bonds. The Morgan fingerprint density at radius 1 is 0.452 bits per heavy atom. The van der Waals surface area contributed by atoms with Crippen LogP contribution >= 0.6 is 0 Å². The zero-order valence-electron chi connectivity index (χ0n) is 19.7. The molecule has 0 spiro atoms. The Bertz CT molecular complexity index is 854. The van der Waals surface area contributed by atoms with Crippen molar-refractivity contribution in [3.05, 3.63) is 89.5 Å². The van der Waals surface area contributed by atoms with E-state index in [4.69, 9.17) is 0 Å². The average molecular weight is 570 g/mol. The minimum absolute atomic E-state index is 1.19. The molecule has 0 radical (unpaired) electrons. The second-order valence-corrected chi connectivity index (χ2v) is 13.1. The molecule has 31 heavy (non-hydrogen) atoms. The van der Waals surface area contributed by atoms with Crippen molar-refractivity contribution in [3.63, 3.8) is 0 Å². The van der Waals surface area contributed by atoms with E-state index in [0.29, 0.717) is 0 Å². The molecule has 0 unspecified atom stereocenters. The standard InChI is InChI=1S/3C9H12N.Er/c3*1-8-6-4-5-7-9(8)10(2)3;/h3*4-7H,1H2,2-3H3;. The number of rotatable bonds is 9. The van der Waals surface area contributed by atoms with Crippen LogP contribution in [0.2, 0.25) is 0 Å². The molecular weight excluding hydrogens is 534 g/mol. The van der Waals surface area contributed by atoms with Crippen molar-refractivity contribution >= 4 is 17.1 Å². The van der Waals surface area contributed by atoms with Crippen LogP contribution < -0.4 is 14.7 Å². The number of anilines is 3. The van der Waals surface area contributed by atoms with E-state index in [2.05, 4.69) is 130 Å². The molecule has 0 aliphatic heterocycles. The summed E-state index contributed by atoms with van der Waals surface area (Å²) >= 11 is -1.20. The molecule has 0 aromatic heterocycles. The summed E-state index contributed by atoms with van der Waals surface area (Å²) in [5, 5.41) is 0. The van der Waals surface area contributed by atoms with Crippen LogP contribution in [-0.4, -0.2) is 42.3 Å². The fourth-order valence-corrected chi connectivity index (χ4v) is 9.02. The number of hydrogen-bond donors (Lipinski definition) is 0. The van der Waals surface area contributed by atoms with Gasteiger partial charge in [-0.2, -0.15) is 0 Å². The molecule has 3 nitrogen and oxygen atoms in total. The first-order valence-electron chi connectivity index (χ1n) is 10.5. The fraction of sp³-hybridized carbons (Fsp3) is 0.333. The van der Waals surface area contributed by atoms with Crippen LogP contribution in [0.15, 0.2) is 72.8 Å². The van der Waals surface area contributed by atoms with E-state index >= 15 is 0 Å². The van der Waals surface area contributed by atoms with Gasteiger partial charge >= 0.3 is 203 Å². The molecule has 0 saturated heterocycles. The van der Waals surface area contributed by atoms with Crippen molar-refractivity contribution in [1.29, 1.82) is 0 Å². The molecule has 0 saturated carbocycles. The van der Waals surface area contributed by atoms with Crippen molar-refractivity contribution in [1.82, 2.24) is 0 Å². The average Bonchev–Trinajstić information content (AvgIpc) is 2.74. The van der Waals surface area contributed by atoms with Crippen molar-refractivity contribution in [2.24, 2.45) is 0 Å². The molecule has 0 aliphatic carbocycles. The van der Waals surface area contributed by atoms with E-state index in [9.17, 15) is 0 Å². The summed E-state index contributed by atoms with van der Waals surface area (Å²) in [5.74, 6) is 0. The van der Waals surface area contributed by atoms with Gasteiger partial charge in [-0.05, 0) is 0 Å². The molecule has 3 aromatic rings. The summed E-state index contributed by atoms with van der Waals surface area (Å²) in [4.78, 5) is 6.76. The van der Waals surface area contributed by atoms with E-state index in [1.54, 1.807) is 0 Å². The quantitative estimate of drug-likeness (QED) is 0.342. The maximum absolute atomic E-state index is 2.32. The summed E-state index contributed by atoms with van der Waals surface area (Å²) < 4.78 is 3.58. The summed E-state index contributed by atoms with van der Waals surface area (Å²) in [6.07, 6.45) is 0. The van der Waals surface area contributed by atoms with Gasteiger partial charge in [-0.25, -0.2) is 0 Å². The van der Waals surface area contributed by atoms with Crippen molar-refractivity contribution in [2.75, 3.05) is 57.0 Å². The van der Waals surface area contributed by atoms with E-state index < -0.39 is 31.5 Å². The zero-order valence-corrected chi connectivity index (χ0v) is 21.5. The van der Waals surface area contributed by atoms with Gasteiger partial charge in [-0.1, -0.05) is 0 Å². The fourth-order valence-electron chi connectivity index (χ4n) is 3.68. The third kappa shape index (κ3) is 6.40. The molecule has 0 atom stereocenters. The molecule has 0 aliphatic rings. The molecule has 0 fully saturated rings. The van der Waals surface area contributed by atoms with Gasteiger partial charge in [0.15, 0.2) is 0 Å². The molecule has 4 heteroatoms. The van der Waals surface area contributed by atoms with Gasteiger partial charge in [-0.15, -0.1) is 0 Å². The third-order valence-electron chi connectivity index (χ3n) is 5.18. The Hall–Kier alpha value is -1.69. The van der Waals surface area contributed by atoms with E-state index in [-0.39, 0.29) is 0 Å². The normalized spacial score (nSPS) is 11.2. The third-order valence-corrected chi connectivity index (χ3v) is 10.1. The van der Waals surface area contributed by atoms with Crippen LogP contribution in [0, 0.1) is 31.5 Å². The van der Waals surface area contributed by atoms with Gasteiger partial charge in [0.2, 0.25) is 0 Å². The van der Waals surface area contributed by atoms with E-state index in [1.165, 1.54) is 41.5 Å². The number of para-hydroxylation sites is 3. The monoisotopic (exact) mass is 568 g/mol. The zero-order chi connectivity index (χ0) is 22.4. The Kier molecular flexibility index (Phi) is 8.70. The van der Waals surface area contributed by atoms with Crippen LogP contribution in [0.4, 0.5) is 17.1 Å². The molecular formula is C27H36ErN3. The number of hydrogen-bond acceptors (Lipinski definition) is 3. The van der Waals surface area contributed by atoms with Gasteiger partial charge in [-0.3, -0.25) is 0 Å². The summed E-state index contributed by atoms with van der Waals surface area (Å²) in [5.41, 5.74) is 8.49. The van der Waals surface area contributed by atoms with Crippen LogP contribution in [0.3, 0.4) is 0 Å². The first-order chi connectivity index (χ1) is 14.9. The number of nitrogens with zero attached hydrogens (tertiary/aromatic N) is 3. The predicted molar refractivity (Wildman–Crippen MR) is 133 cm³/mol. The molecule has 0 bridgehead atoms. The summed E-state index contributed by atoms with van der Waals surface area (Å²) in [6.45, 7) is 0. The van der Waals surface area contributed by atoms with Gasteiger partial charge in [0, 0.05) is 0 Å². The minimum atomic E-state index is -1.20. The Morgan fingerprint density at radius 3 is 0.968 bits per heavy atom. The Labute approximate surface area is 201 Å². The van der Waals surface area contributed by atoms with Crippen molar-refractivity contribution in [3.8, 4) is 0 Å². The molecule has 3 rings (SSSR count). The maximum atomic E-state index is 2.32. The van der Waals surface area contributed by atoms with E-state index in [1.807, 2.05) is 0 Å². The molecule has 3 aromatic carbocycles. The van der Waals surface area contributed by atoms with Gasteiger partial charge in [0.05, 0.1) is 0 Å². The van der Waals surface area contributed by atoms with Crippen LogP contribution in [0.5, 0.6) is 0 Å². The molecule has 171 valence electrons. The summed E-state index contributed by atoms with van der Waals surface area (Å²) in [6, 6.07) is 26.8. The summed E-state index contributed by atoms with van der Waals surface area (Å²) in [7, 11) is 12.9. The topological polar surface area (TPSA) is 9.72 Å². The molecule has 0 heterocycles. The van der Waals surface area contributed by atoms with Crippen LogP contribution in [0.1, 0.15) is 16.7 Å². The first-order valence-corrected chi connectivity index (χ1v) is 14.4. The second kappa shape index (κ2) is 11.3. The SMILES string of the molecule is CN(C)c1ccccc1[CH2][Er]([CH2]c1ccccc1N(C)C)[CH2]c1ccccc1N(C)C. The molecule has 0 N–H and O–H groups in total. The predicted octanol–water partition coefficient (Wildman–Crippen LogP) is 5.41. The first kappa shape index (κ1) is 24.0. The van der Waals surface area contributed by atoms with E-state index in [0.717, 1.165) is 0 Å². The second-order valence-electron chi connectivity index (χ2n) is 8.31. The van der Waals surface area contributed by atoms with Crippen molar-refractivity contribution in [2.45, 2.75) is 7.74 Å². The van der Waals surface area contributed by atoms with Gasteiger partial charge in [0.25, 0.3) is 0 Å². The van der Waals surface area contributed by atoms with Crippen LogP contribution in [0.25, 0.3) is 0 Å². The van der Waals surface area contributed by atoms with Gasteiger partial charge in [0.1, 0.15) is 0 Å². The Morgan fingerprint density at radius 2 is 0.710 bits per heavy atom. The van der Waals surface area contributed by atoms with Gasteiger partial charge < -0.3 is 0 Å². The van der Waals surface area contributed by atoms with Crippen molar-refractivity contribution < 1.29 is 31.5 Å². The van der Waals surface area contributed by atoms with Crippen LogP contribution in [-0.2, 0) is 7.74 Å². The number of benzene rings is 3. The Balaban J connectivity index is 1.97.